The number of carbonyl (C=O) groups is 1. The molecule has 2 rings (SSSR count). The van der Waals surface area contributed by atoms with E-state index in [4.69, 9.17) is 4.74 Å². The number of aromatic nitrogens is 2. The van der Waals surface area contributed by atoms with E-state index in [2.05, 4.69) is 24.3 Å². The summed E-state index contributed by atoms with van der Waals surface area (Å²) in [5, 5.41) is 7.39. The van der Waals surface area contributed by atoms with E-state index in [0.29, 0.717) is 31.9 Å². The lowest BCUT2D eigenvalue weighted by atomic mass is 10.1. The molecule has 0 atom stereocenters. The molecule has 1 heterocycles. The van der Waals surface area contributed by atoms with Crippen LogP contribution in [0, 0.1) is 19.8 Å². The second kappa shape index (κ2) is 8.70. The average Bonchev–Trinajstić information content (AvgIpc) is 2.82. The highest BCUT2D eigenvalue weighted by molar-refractivity contribution is 5.76. The van der Waals surface area contributed by atoms with Crippen molar-refractivity contribution in [2.75, 3.05) is 6.61 Å². The number of aryl methyl sites for hydroxylation is 2. The van der Waals surface area contributed by atoms with E-state index in [1.165, 1.54) is 5.56 Å². The highest BCUT2D eigenvalue weighted by atomic mass is 16.5. The third kappa shape index (κ3) is 5.34. The molecule has 0 aliphatic heterocycles. The van der Waals surface area contributed by atoms with Gasteiger partial charge in [0.1, 0.15) is 5.75 Å². The molecule has 0 radical (unpaired) electrons. The van der Waals surface area contributed by atoms with Gasteiger partial charge in [-0.25, -0.2) is 0 Å². The molecule has 0 aliphatic rings. The molecule has 0 fully saturated rings. The second-order valence-electron chi connectivity index (χ2n) is 6.86. The van der Waals surface area contributed by atoms with Gasteiger partial charge in [0, 0.05) is 31.3 Å². The smallest absolute Gasteiger partial charge is 0.220 e. The molecule has 5 heteroatoms. The van der Waals surface area contributed by atoms with Crippen LogP contribution in [0.3, 0.4) is 0 Å². The Balaban J connectivity index is 1.88. The number of nitrogens with one attached hydrogen (secondary N) is 1. The van der Waals surface area contributed by atoms with Gasteiger partial charge in [0.2, 0.25) is 5.91 Å². The lowest BCUT2D eigenvalue weighted by molar-refractivity contribution is -0.121. The summed E-state index contributed by atoms with van der Waals surface area (Å²) >= 11 is 0. The number of para-hydroxylation sites is 1. The van der Waals surface area contributed by atoms with Gasteiger partial charge in [0.25, 0.3) is 0 Å². The number of hydrogen-bond acceptors (Lipinski definition) is 3. The largest absolute Gasteiger partial charge is 0.493 e. The molecule has 0 saturated carbocycles. The van der Waals surface area contributed by atoms with Gasteiger partial charge < -0.3 is 10.1 Å². The van der Waals surface area contributed by atoms with Gasteiger partial charge in [-0.05, 0) is 37.8 Å². The lowest BCUT2D eigenvalue weighted by Gasteiger charge is -2.13. The van der Waals surface area contributed by atoms with Crippen molar-refractivity contribution < 1.29 is 9.53 Å². The van der Waals surface area contributed by atoms with Gasteiger partial charge in [-0.3, -0.25) is 9.48 Å². The van der Waals surface area contributed by atoms with Crippen LogP contribution < -0.4 is 10.1 Å². The summed E-state index contributed by atoms with van der Waals surface area (Å²) in [5.41, 5.74) is 4.29. The average molecular weight is 343 g/mol. The Morgan fingerprint density at radius 3 is 2.64 bits per heavy atom. The standard InChI is InChI=1S/C20H29N3O2/c1-14(2)13-25-19-9-7-6-8-17(19)12-21-20(24)11-10-18-15(3)22-23(5)16(18)4/h6-9,14H,10-13H2,1-5H3,(H,21,24). The molecule has 1 N–H and O–H groups in total. The molecule has 2 aromatic rings. The van der Waals surface area contributed by atoms with Crippen molar-refractivity contribution in [2.45, 2.75) is 47.1 Å². The molecule has 25 heavy (non-hydrogen) atoms. The third-order valence-electron chi connectivity index (χ3n) is 4.28. The van der Waals surface area contributed by atoms with Crippen molar-refractivity contribution in [3.8, 4) is 5.75 Å². The van der Waals surface area contributed by atoms with Crippen molar-refractivity contribution in [3.05, 3.63) is 46.8 Å². The summed E-state index contributed by atoms with van der Waals surface area (Å²) in [6.45, 7) is 9.42. The highest BCUT2D eigenvalue weighted by Crippen LogP contribution is 2.19. The summed E-state index contributed by atoms with van der Waals surface area (Å²) in [4.78, 5) is 12.2. The van der Waals surface area contributed by atoms with E-state index < -0.39 is 0 Å². The predicted octanol–water partition coefficient (Wildman–Crippen LogP) is 3.32. The maximum Gasteiger partial charge on any atom is 0.220 e. The fourth-order valence-electron chi connectivity index (χ4n) is 2.75. The van der Waals surface area contributed by atoms with E-state index in [9.17, 15) is 4.79 Å². The fraction of sp³-hybridized carbons (Fsp3) is 0.500. The number of benzene rings is 1. The van der Waals surface area contributed by atoms with Crippen molar-refractivity contribution in [1.82, 2.24) is 15.1 Å². The van der Waals surface area contributed by atoms with E-state index in [-0.39, 0.29) is 5.91 Å². The van der Waals surface area contributed by atoms with Crippen LogP contribution in [-0.4, -0.2) is 22.3 Å². The van der Waals surface area contributed by atoms with Crippen molar-refractivity contribution in [3.63, 3.8) is 0 Å². The first-order valence-corrected chi connectivity index (χ1v) is 8.85. The fourth-order valence-corrected chi connectivity index (χ4v) is 2.75. The number of nitrogens with zero attached hydrogens (tertiary/aromatic N) is 2. The number of rotatable bonds is 8. The monoisotopic (exact) mass is 343 g/mol. The van der Waals surface area contributed by atoms with Crippen molar-refractivity contribution in [2.24, 2.45) is 13.0 Å². The van der Waals surface area contributed by atoms with E-state index >= 15 is 0 Å². The molecule has 136 valence electrons. The second-order valence-corrected chi connectivity index (χ2v) is 6.86. The molecule has 5 nitrogen and oxygen atoms in total. The van der Waals surface area contributed by atoms with Gasteiger partial charge in [-0.2, -0.15) is 5.10 Å². The number of carbonyl (C=O) groups excluding carboxylic acids is 1. The van der Waals surface area contributed by atoms with Crippen LogP contribution in [0.1, 0.15) is 42.8 Å². The van der Waals surface area contributed by atoms with E-state index in [0.717, 1.165) is 22.7 Å². The molecule has 1 amide bonds. The number of amides is 1. The van der Waals surface area contributed by atoms with Crippen molar-refractivity contribution >= 4 is 5.91 Å². The third-order valence-corrected chi connectivity index (χ3v) is 4.28. The Morgan fingerprint density at radius 2 is 2.00 bits per heavy atom. The Morgan fingerprint density at radius 1 is 1.28 bits per heavy atom. The molecule has 1 aromatic carbocycles. The topological polar surface area (TPSA) is 56.2 Å². The normalized spacial score (nSPS) is 11.0. The zero-order chi connectivity index (χ0) is 18.4. The van der Waals surface area contributed by atoms with Crippen LogP contribution in [0.5, 0.6) is 5.75 Å². The summed E-state index contributed by atoms with van der Waals surface area (Å²) in [6.07, 6.45) is 1.17. The lowest BCUT2D eigenvalue weighted by Crippen LogP contribution is -2.23. The maximum atomic E-state index is 12.2. The van der Waals surface area contributed by atoms with Gasteiger partial charge >= 0.3 is 0 Å². The van der Waals surface area contributed by atoms with Crippen LogP contribution in [0.2, 0.25) is 0 Å². The van der Waals surface area contributed by atoms with Gasteiger partial charge in [0.05, 0.1) is 12.3 Å². The molecule has 0 saturated heterocycles. The van der Waals surface area contributed by atoms with Crippen LogP contribution in [0.4, 0.5) is 0 Å². The minimum atomic E-state index is 0.0429. The molecular formula is C20H29N3O2. The van der Waals surface area contributed by atoms with Crippen LogP contribution in [-0.2, 0) is 24.8 Å². The molecule has 0 unspecified atom stereocenters. The Kier molecular flexibility index (Phi) is 6.62. The minimum Gasteiger partial charge on any atom is -0.493 e. The first-order chi connectivity index (χ1) is 11.9. The molecule has 0 bridgehead atoms. The van der Waals surface area contributed by atoms with Crippen LogP contribution >= 0.6 is 0 Å². The van der Waals surface area contributed by atoms with Gasteiger partial charge in [-0.15, -0.1) is 0 Å². The predicted molar refractivity (Wildman–Crippen MR) is 99.6 cm³/mol. The quantitative estimate of drug-likeness (QED) is 0.800. The molecular weight excluding hydrogens is 314 g/mol. The first-order valence-electron chi connectivity index (χ1n) is 8.85. The summed E-state index contributed by atoms with van der Waals surface area (Å²) in [6, 6.07) is 7.86. The van der Waals surface area contributed by atoms with Crippen LogP contribution in [0.25, 0.3) is 0 Å². The zero-order valence-corrected chi connectivity index (χ0v) is 15.9. The summed E-state index contributed by atoms with van der Waals surface area (Å²) in [7, 11) is 1.93. The van der Waals surface area contributed by atoms with E-state index in [1.807, 2.05) is 49.8 Å². The first kappa shape index (κ1) is 19.0. The SMILES string of the molecule is Cc1nn(C)c(C)c1CCC(=O)NCc1ccccc1OCC(C)C. The van der Waals surface area contributed by atoms with Crippen LogP contribution in [0.15, 0.2) is 24.3 Å². The zero-order valence-electron chi connectivity index (χ0n) is 15.9. The van der Waals surface area contributed by atoms with Gasteiger partial charge in [0.15, 0.2) is 0 Å². The maximum absolute atomic E-state index is 12.2. The van der Waals surface area contributed by atoms with Crippen molar-refractivity contribution in [1.29, 1.82) is 0 Å². The number of ether oxygens (including phenoxy) is 1. The number of hydrogen-bond donors (Lipinski definition) is 1. The molecule has 1 aromatic heterocycles. The Bertz CT molecular complexity index is 720. The molecule has 0 aliphatic carbocycles. The minimum absolute atomic E-state index is 0.0429. The molecule has 0 spiro atoms. The van der Waals surface area contributed by atoms with E-state index in [1.54, 1.807) is 0 Å². The highest BCUT2D eigenvalue weighted by Gasteiger charge is 2.12. The Labute approximate surface area is 150 Å². The van der Waals surface area contributed by atoms with Gasteiger partial charge in [-0.1, -0.05) is 32.0 Å². The summed E-state index contributed by atoms with van der Waals surface area (Å²) in [5.74, 6) is 1.35. The summed E-state index contributed by atoms with van der Waals surface area (Å²) < 4.78 is 7.70. The Hall–Kier alpha value is -2.30.